The number of sulfonamides is 1. The van der Waals surface area contributed by atoms with Crippen molar-refractivity contribution in [2.45, 2.75) is 11.8 Å². The Morgan fingerprint density at radius 1 is 0.941 bits per heavy atom. The van der Waals surface area contributed by atoms with E-state index in [2.05, 4.69) is 10.5 Å². The predicted octanol–water partition coefficient (Wildman–Crippen LogP) is 4.71. The van der Waals surface area contributed by atoms with E-state index in [1.807, 2.05) is 50.2 Å². The third kappa shape index (κ3) is 6.50. The summed E-state index contributed by atoms with van der Waals surface area (Å²) >= 11 is 12.2. The number of aryl methyl sites for hydroxylation is 1. The Hall–Kier alpha value is -3.07. The van der Waals surface area contributed by atoms with Gasteiger partial charge in [-0.2, -0.15) is 5.10 Å². The van der Waals surface area contributed by atoms with E-state index in [0.717, 1.165) is 21.1 Å². The molecule has 178 valence electrons. The van der Waals surface area contributed by atoms with Crippen LogP contribution in [-0.2, 0) is 14.8 Å². The van der Waals surface area contributed by atoms with Crippen LogP contribution in [0.25, 0.3) is 0 Å². The number of halogens is 2. The molecule has 0 fully saturated rings. The molecule has 1 N–H and O–H groups in total. The van der Waals surface area contributed by atoms with E-state index in [0.29, 0.717) is 0 Å². The Morgan fingerprint density at radius 2 is 1.53 bits per heavy atom. The summed E-state index contributed by atoms with van der Waals surface area (Å²) in [7, 11) is -0.216. The molecule has 0 saturated heterocycles. The topological polar surface area (TPSA) is 82.1 Å². The van der Waals surface area contributed by atoms with Gasteiger partial charge in [0.2, 0.25) is 0 Å². The number of benzene rings is 3. The van der Waals surface area contributed by atoms with E-state index >= 15 is 0 Å². The minimum absolute atomic E-state index is 0.0338. The number of nitrogens with one attached hydrogen (secondary N) is 1. The van der Waals surface area contributed by atoms with Crippen LogP contribution in [0.15, 0.2) is 76.7 Å². The van der Waals surface area contributed by atoms with Gasteiger partial charge in [0.1, 0.15) is 6.54 Å². The van der Waals surface area contributed by atoms with Gasteiger partial charge in [0.25, 0.3) is 15.9 Å². The summed E-state index contributed by atoms with van der Waals surface area (Å²) in [5.41, 5.74) is 5.25. The van der Waals surface area contributed by atoms with Crippen molar-refractivity contribution in [2.24, 2.45) is 5.10 Å². The Kier molecular flexibility index (Phi) is 8.19. The zero-order valence-electron chi connectivity index (χ0n) is 18.9. The van der Waals surface area contributed by atoms with E-state index in [4.69, 9.17) is 23.2 Å². The first kappa shape index (κ1) is 25.6. The number of carbonyl (C=O) groups is 1. The van der Waals surface area contributed by atoms with Crippen LogP contribution in [0, 0.1) is 6.92 Å². The fourth-order valence-electron chi connectivity index (χ4n) is 3.04. The van der Waals surface area contributed by atoms with E-state index in [1.54, 1.807) is 12.1 Å². The molecule has 0 heterocycles. The van der Waals surface area contributed by atoms with Crippen LogP contribution in [0.4, 0.5) is 11.4 Å². The lowest BCUT2D eigenvalue weighted by atomic mass is 10.2. The molecule has 34 heavy (non-hydrogen) atoms. The molecule has 3 aromatic rings. The standard InChI is InChI=1S/C24H24Cl2N4O3S/c1-17-4-10-23(11-5-17)34(32,33)30(22-13-19(25)12-20(26)14-22)16-24(31)28-27-15-18-6-8-21(9-7-18)29(2)3/h4-15H,16H2,1-3H3,(H,28,31)/b27-15-. The molecule has 0 aromatic heterocycles. The van der Waals surface area contributed by atoms with Gasteiger partial charge < -0.3 is 4.90 Å². The van der Waals surface area contributed by atoms with Crippen molar-refractivity contribution < 1.29 is 13.2 Å². The van der Waals surface area contributed by atoms with Crippen LogP contribution in [0.1, 0.15) is 11.1 Å². The molecule has 1 amide bonds. The Bertz CT molecular complexity index is 1270. The second kappa shape index (κ2) is 10.9. The van der Waals surface area contributed by atoms with Gasteiger partial charge in [-0.05, 0) is 55.0 Å². The van der Waals surface area contributed by atoms with Gasteiger partial charge in [0.05, 0.1) is 16.8 Å². The molecule has 0 aliphatic rings. The van der Waals surface area contributed by atoms with Crippen LogP contribution >= 0.6 is 23.2 Å². The molecule has 3 rings (SSSR count). The molecular weight excluding hydrogens is 495 g/mol. The summed E-state index contributed by atoms with van der Waals surface area (Å²) in [5, 5.41) is 4.44. The maximum atomic E-state index is 13.4. The second-order valence-electron chi connectivity index (χ2n) is 7.73. The monoisotopic (exact) mass is 518 g/mol. The predicted molar refractivity (Wildman–Crippen MR) is 139 cm³/mol. The van der Waals surface area contributed by atoms with Gasteiger partial charge in [-0.3, -0.25) is 9.10 Å². The first-order chi connectivity index (χ1) is 16.1. The number of amides is 1. The van der Waals surface area contributed by atoms with Crippen molar-refractivity contribution in [3.8, 4) is 0 Å². The second-order valence-corrected chi connectivity index (χ2v) is 10.5. The number of rotatable bonds is 8. The Labute approximate surface area is 209 Å². The number of anilines is 2. The maximum absolute atomic E-state index is 13.4. The van der Waals surface area contributed by atoms with E-state index in [9.17, 15) is 13.2 Å². The normalized spacial score (nSPS) is 11.4. The summed E-state index contributed by atoms with van der Waals surface area (Å²) in [6.45, 7) is 1.33. The molecule has 0 saturated carbocycles. The van der Waals surface area contributed by atoms with Crippen molar-refractivity contribution in [2.75, 3.05) is 29.8 Å². The van der Waals surface area contributed by atoms with Gasteiger partial charge in [0.15, 0.2) is 0 Å². The molecule has 0 aliphatic carbocycles. The molecule has 0 spiro atoms. The molecule has 0 unspecified atom stereocenters. The van der Waals surface area contributed by atoms with Crippen molar-refractivity contribution in [3.05, 3.63) is 87.9 Å². The van der Waals surface area contributed by atoms with Crippen molar-refractivity contribution in [1.29, 1.82) is 0 Å². The van der Waals surface area contributed by atoms with E-state index < -0.39 is 22.5 Å². The van der Waals surface area contributed by atoms with Crippen LogP contribution < -0.4 is 14.6 Å². The maximum Gasteiger partial charge on any atom is 0.264 e. The SMILES string of the molecule is Cc1ccc(S(=O)(=O)N(CC(=O)N/N=C\c2ccc(N(C)C)cc2)c2cc(Cl)cc(Cl)c2)cc1. The smallest absolute Gasteiger partial charge is 0.264 e. The number of nitrogens with zero attached hydrogens (tertiary/aromatic N) is 3. The van der Waals surface area contributed by atoms with Crippen molar-refractivity contribution >= 4 is 56.7 Å². The summed E-state index contributed by atoms with van der Waals surface area (Å²) < 4.78 is 27.8. The fraction of sp³-hybridized carbons (Fsp3) is 0.167. The summed E-state index contributed by atoms with van der Waals surface area (Å²) in [5.74, 6) is -0.632. The molecule has 0 atom stereocenters. The lowest BCUT2D eigenvalue weighted by molar-refractivity contribution is -0.119. The minimum Gasteiger partial charge on any atom is -0.378 e. The van der Waals surface area contributed by atoms with Crippen molar-refractivity contribution in [1.82, 2.24) is 5.43 Å². The molecular formula is C24H24Cl2N4O3S. The van der Waals surface area contributed by atoms with E-state index in [-0.39, 0.29) is 20.6 Å². The van der Waals surface area contributed by atoms with Gasteiger partial charge in [-0.1, -0.05) is 53.0 Å². The molecule has 10 heteroatoms. The fourth-order valence-corrected chi connectivity index (χ4v) is 4.96. The number of hydrazone groups is 1. The lowest BCUT2D eigenvalue weighted by Crippen LogP contribution is -2.39. The highest BCUT2D eigenvalue weighted by molar-refractivity contribution is 7.92. The zero-order valence-corrected chi connectivity index (χ0v) is 21.2. The van der Waals surface area contributed by atoms with Gasteiger partial charge >= 0.3 is 0 Å². The van der Waals surface area contributed by atoms with Crippen LogP contribution in [0.2, 0.25) is 10.0 Å². The van der Waals surface area contributed by atoms with Gasteiger partial charge in [-0.25, -0.2) is 13.8 Å². The zero-order chi connectivity index (χ0) is 24.9. The minimum atomic E-state index is -4.09. The summed E-state index contributed by atoms with van der Waals surface area (Å²) in [6, 6.07) is 18.2. The number of hydrogen-bond acceptors (Lipinski definition) is 5. The largest absolute Gasteiger partial charge is 0.378 e. The molecule has 3 aromatic carbocycles. The Balaban J connectivity index is 1.83. The average molecular weight is 519 g/mol. The lowest BCUT2D eigenvalue weighted by Gasteiger charge is -2.24. The molecule has 0 radical (unpaired) electrons. The van der Waals surface area contributed by atoms with Crippen LogP contribution in [-0.4, -0.2) is 41.2 Å². The highest BCUT2D eigenvalue weighted by Crippen LogP contribution is 2.29. The van der Waals surface area contributed by atoms with E-state index in [1.165, 1.54) is 36.5 Å². The molecule has 0 bridgehead atoms. The first-order valence-corrected chi connectivity index (χ1v) is 12.4. The molecule has 7 nitrogen and oxygen atoms in total. The van der Waals surface area contributed by atoms with Gasteiger partial charge in [-0.15, -0.1) is 0 Å². The Morgan fingerprint density at radius 3 is 2.09 bits per heavy atom. The quantitative estimate of drug-likeness (QED) is 0.345. The highest BCUT2D eigenvalue weighted by Gasteiger charge is 2.27. The van der Waals surface area contributed by atoms with Crippen LogP contribution in [0.5, 0.6) is 0 Å². The average Bonchev–Trinajstić information content (AvgIpc) is 2.77. The highest BCUT2D eigenvalue weighted by atomic mass is 35.5. The summed E-state index contributed by atoms with van der Waals surface area (Å²) in [6.07, 6.45) is 1.48. The van der Waals surface area contributed by atoms with Gasteiger partial charge in [0, 0.05) is 29.8 Å². The van der Waals surface area contributed by atoms with Crippen LogP contribution in [0.3, 0.4) is 0 Å². The van der Waals surface area contributed by atoms with Crippen molar-refractivity contribution in [3.63, 3.8) is 0 Å². The third-order valence-electron chi connectivity index (χ3n) is 4.84. The third-order valence-corrected chi connectivity index (χ3v) is 7.07. The number of carbonyl (C=O) groups excluding carboxylic acids is 1. The number of hydrogen-bond donors (Lipinski definition) is 1. The molecule has 0 aliphatic heterocycles. The first-order valence-electron chi connectivity index (χ1n) is 10.2. The summed E-state index contributed by atoms with van der Waals surface area (Å²) in [4.78, 5) is 14.7.